The highest BCUT2D eigenvalue weighted by molar-refractivity contribution is 6.02. The lowest BCUT2D eigenvalue weighted by Crippen LogP contribution is -2.39. The van der Waals surface area contributed by atoms with Crippen molar-refractivity contribution in [2.24, 2.45) is 11.7 Å². The van der Waals surface area contributed by atoms with E-state index in [-0.39, 0.29) is 49.1 Å². The van der Waals surface area contributed by atoms with Gasteiger partial charge < -0.3 is 11.1 Å². The van der Waals surface area contributed by atoms with Crippen molar-refractivity contribution in [1.82, 2.24) is 14.7 Å². The molecule has 3 N–H and O–H groups in total. The fourth-order valence-electron chi connectivity index (χ4n) is 3.27. The average Bonchev–Trinajstić information content (AvgIpc) is 3.01. The molecule has 0 aliphatic heterocycles. The van der Waals surface area contributed by atoms with E-state index in [0.29, 0.717) is 0 Å². The molecule has 2 rings (SSSR count). The molecule has 1 fully saturated rings. The summed E-state index contributed by atoms with van der Waals surface area (Å²) in [7, 11) is 0. The Kier molecular flexibility index (Phi) is 7.47. The van der Waals surface area contributed by atoms with Crippen molar-refractivity contribution in [1.29, 1.82) is 5.26 Å². The number of nitriles is 1. The number of primary amides is 1. The fourth-order valence-corrected chi connectivity index (χ4v) is 3.27. The monoisotopic (exact) mass is 428 g/mol. The van der Waals surface area contributed by atoms with Crippen LogP contribution in [0.3, 0.4) is 0 Å². The van der Waals surface area contributed by atoms with Gasteiger partial charge in [-0.3, -0.25) is 19.2 Å². The van der Waals surface area contributed by atoms with E-state index >= 15 is 0 Å². The molecule has 0 aromatic carbocycles. The van der Waals surface area contributed by atoms with Crippen LogP contribution in [-0.2, 0) is 10.3 Å². The molecule has 0 radical (unpaired) electrons. The third-order valence-corrected chi connectivity index (χ3v) is 5.53. The van der Waals surface area contributed by atoms with Gasteiger partial charge in [0.2, 0.25) is 5.91 Å². The largest absolute Gasteiger partial charge is 0.401 e. The first-order chi connectivity index (χ1) is 14.0. The molecule has 1 unspecified atom stereocenters. The zero-order chi connectivity index (χ0) is 22.5. The number of carbonyl (C=O) groups is 2. The van der Waals surface area contributed by atoms with E-state index in [9.17, 15) is 28.0 Å². The molecule has 2 amide bonds. The van der Waals surface area contributed by atoms with Gasteiger partial charge in [0.25, 0.3) is 5.91 Å². The normalized spacial score (nSPS) is 16.6. The number of aromatic nitrogens is 2. The third kappa shape index (κ3) is 5.95. The molecule has 30 heavy (non-hydrogen) atoms. The Morgan fingerprint density at radius 1 is 1.43 bits per heavy atom. The van der Waals surface area contributed by atoms with Crippen LogP contribution in [0.25, 0.3) is 0 Å². The molecule has 166 valence electrons. The highest BCUT2D eigenvalue weighted by Crippen LogP contribution is 2.30. The maximum Gasteiger partial charge on any atom is 0.401 e. The molecular weight excluding hydrogens is 401 g/mol. The maximum absolute atomic E-state index is 12.7. The molecule has 1 aliphatic carbocycles. The van der Waals surface area contributed by atoms with Gasteiger partial charge in [0.05, 0.1) is 24.6 Å². The molecule has 0 saturated heterocycles. The van der Waals surface area contributed by atoms with Crippen molar-refractivity contribution in [2.45, 2.75) is 57.7 Å². The molecule has 1 heterocycles. The number of nitrogens with zero attached hydrogens (tertiary/aromatic N) is 4. The van der Waals surface area contributed by atoms with E-state index in [1.807, 2.05) is 6.07 Å². The van der Waals surface area contributed by atoms with Crippen LogP contribution in [0, 0.1) is 17.2 Å². The molecule has 8 nitrogen and oxygen atoms in total. The number of hydrogen-bond acceptors (Lipinski definition) is 5. The van der Waals surface area contributed by atoms with Gasteiger partial charge in [0, 0.05) is 18.7 Å². The van der Waals surface area contributed by atoms with E-state index in [0.717, 1.165) is 19.3 Å². The van der Waals surface area contributed by atoms with Crippen LogP contribution in [0.2, 0.25) is 0 Å². The molecule has 1 aliphatic rings. The lowest BCUT2D eigenvalue weighted by Gasteiger charge is -2.31. The summed E-state index contributed by atoms with van der Waals surface area (Å²) in [5, 5.41) is 16.2. The number of carbonyl (C=O) groups excluding carboxylic acids is 2. The van der Waals surface area contributed by atoms with Gasteiger partial charge in [-0.25, -0.2) is 0 Å². The molecule has 1 aromatic heterocycles. The number of rotatable bonds is 10. The second-order valence-corrected chi connectivity index (χ2v) is 7.88. The first-order valence-corrected chi connectivity index (χ1v) is 9.86. The minimum Gasteiger partial charge on any atom is -0.365 e. The van der Waals surface area contributed by atoms with Crippen molar-refractivity contribution >= 4 is 17.6 Å². The Balaban J connectivity index is 2.24. The van der Waals surface area contributed by atoms with Crippen molar-refractivity contribution in [2.75, 3.05) is 25.0 Å². The summed E-state index contributed by atoms with van der Waals surface area (Å²) in [6.07, 6.45) is -0.372. The first kappa shape index (κ1) is 23.7. The lowest BCUT2D eigenvalue weighted by molar-refractivity contribution is -0.146. The lowest BCUT2D eigenvalue weighted by atomic mass is 9.85. The molecule has 0 bridgehead atoms. The number of halogens is 3. The maximum atomic E-state index is 12.7. The van der Waals surface area contributed by atoms with E-state index in [4.69, 9.17) is 5.73 Å². The standard InChI is InChI=1S/C19H27F3N6O2/c1-3-27(12-19(20,21)22)10-8-18(2,7-9-23)28-11-14(15(24)29)16(26-28)25-17(30)13-5-4-6-13/h11,13H,3-8,10,12H2,1-2H3,(H2,24,29)(H,25,26,30). The van der Waals surface area contributed by atoms with E-state index in [1.165, 1.54) is 15.8 Å². The second-order valence-electron chi connectivity index (χ2n) is 7.88. The van der Waals surface area contributed by atoms with Gasteiger partial charge in [0.1, 0.15) is 5.56 Å². The molecule has 0 spiro atoms. The average molecular weight is 428 g/mol. The van der Waals surface area contributed by atoms with Crippen LogP contribution in [0.1, 0.15) is 56.3 Å². The third-order valence-electron chi connectivity index (χ3n) is 5.53. The number of alkyl halides is 3. The van der Waals surface area contributed by atoms with Crippen LogP contribution >= 0.6 is 0 Å². The summed E-state index contributed by atoms with van der Waals surface area (Å²) in [5.41, 5.74) is 4.42. The van der Waals surface area contributed by atoms with Gasteiger partial charge in [-0.1, -0.05) is 13.3 Å². The predicted molar refractivity (Wildman–Crippen MR) is 103 cm³/mol. The Morgan fingerprint density at radius 3 is 2.57 bits per heavy atom. The number of anilines is 1. The first-order valence-electron chi connectivity index (χ1n) is 9.86. The van der Waals surface area contributed by atoms with Gasteiger partial charge in [0.15, 0.2) is 5.82 Å². The van der Waals surface area contributed by atoms with E-state index in [1.54, 1.807) is 13.8 Å². The topological polar surface area (TPSA) is 117 Å². The minimum absolute atomic E-state index is 0.00511. The number of nitrogens with one attached hydrogen (secondary N) is 1. The zero-order valence-electron chi connectivity index (χ0n) is 17.1. The van der Waals surface area contributed by atoms with E-state index in [2.05, 4.69) is 10.4 Å². The van der Waals surface area contributed by atoms with Crippen molar-refractivity contribution in [3.05, 3.63) is 11.8 Å². The Morgan fingerprint density at radius 2 is 2.10 bits per heavy atom. The van der Waals surface area contributed by atoms with Gasteiger partial charge in [-0.2, -0.15) is 23.5 Å². The second kappa shape index (κ2) is 9.47. The van der Waals surface area contributed by atoms with Crippen LogP contribution in [0.4, 0.5) is 19.0 Å². The van der Waals surface area contributed by atoms with Gasteiger partial charge >= 0.3 is 6.18 Å². The molecule has 1 saturated carbocycles. The molecule has 1 aromatic rings. The summed E-state index contributed by atoms with van der Waals surface area (Å²) in [4.78, 5) is 25.3. The van der Waals surface area contributed by atoms with Crippen molar-refractivity contribution in [3.8, 4) is 6.07 Å². The van der Waals surface area contributed by atoms with Crippen LogP contribution in [-0.4, -0.2) is 52.3 Å². The summed E-state index contributed by atoms with van der Waals surface area (Å²) >= 11 is 0. The summed E-state index contributed by atoms with van der Waals surface area (Å²) in [6.45, 7) is 2.51. The number of hydrogen-bond donors (Lipinski definition) is 2. The molecule has 11 heteroatoms. The van der Waals surface area contributed by atoms with Crippen LogP contribution in [0.5, 0.6) is 0 Å². The Bertz CT molecular complexity index is 812. The van der Waals surface area contributed by atoms with Crippen molar-refractivity contribution in [3.63, 3.8) is 0 Å². The predicted octanol–water partition coefficient (Wildman–Crippen LogP) is 2.62. The summed E-state index contributed by atoms with van der Waals surface area (Å²) in [6, 6.07) is 2.03. The summed E-state index contributed by atoms with van der Waals surface area (Å²) < 4.78 is 39.6. The quantitative estimate of drug-likeness (QED) is 0.594. The minimum atomic E-state index is -4.33. The number of nitrogens with two attached hydrogens (primary N) is 1. The highest BCUT2D eigenvalue weighted by Gasteiger charge is 2.34. The Hall–Kier alpha value is -2.61. The van der Waals surface area contributed by atoms with Gasteiger partial charge in [-0.05, 0) is 32.7 Å². The van der Waals surface area contributed by atoms with Crippen molar-refractivity contribution < 1.29 is 22.8 Å². The highest BCUT2D eigenvalue weighted by atomic mass is 19.4. The Labute approximate surface area is 173 Å². The van der Waals surface area contributed by atoms with Gasteiger partial charge in [-0.15, -0.1) is 0 Å². The molecular formula is C19H27F3N6O2. The number of amides is 2. The molecule has 1 atom stereocenters. The smallest absolute Gasteiger partial charge is 0.365 e. The van der Waals surface area contributed by atoms with Crippen LogP contribution < -0.4 is 11.1 Å². The zero-order valence-corrected chi connectivity index (χ0v) is 17.1. The van der Waals surface area contributed by atoms with Crippen LogP contribution in [0.15, 0.2) is 6.20 Å². The van der Waals surface area contributed by atoms with E-state index < -0.39 is 24.2 Å². The SMILES string of the molecule is CCN(CCC(C)(CC#N)n1cc(C(N)=O)c(NC(=O)C2CCC2)n1)CC(F)(F)F. The summed E-state index contributed by atoms with van der Waals surface area (Å²) in [5.74, 6) is -1.18. The fraction of sp³-hybridized carbons (Fsp3) is 0.684.